The first-order chi connectivity index (χ1) is 4.86. The van der Waals surface area contributed by atoms with Gasteiger partial charge in [-0.25, -0.2) is 0 Å². The van der Waals surface area contributed by atoms with E-state index in [0.717, 1.165) is 6.04 Å². The van der Waals surface area contributed by atoms with E-state index in [4.69, 9.17) is 0 Å². The van der Waals surface area contributed by atoms with Crippen LogP contribution in [0.3, 0.4) is 0 Å². The third kappa shape index (κ3) is 1.32. The first-order valence-corrected chi connectivity index (χ1v) is 4.12. The van der Waals surface area contributed by atoms with E-state index in [1.807, 2.05) is 0 Å². The van der Waals surface area contributed by atoms with Crippen LogP contribution < -0.4 is 0 Å². The van der Waals surface area contributed by atoms with Crippen LogP contribution in [0.1, 0.15) is 6.42 Å². The van der Waals surface area contributed by atoms with Crippen molar-refractivity contribution in [3.63, 3.8) is 0 Å². The summed E-state index contributed by atoms with van der Waals surface area (Å²) in [5.74, 6) is 0. The first kappa shape index (κ1) is 6.62. The monoisotopic (exact) mass is 139 g/mol. The van der Waals surface area contributed by atoms with Crippen LogP contribution in [0.5, 0.6) is 0 Å². The van der Waals surface area contributed by atoms with Crippen molar-refractivity contribution in [3.05, 3.63) is 6.42 Å². The summed E-state index contributed by atoms with van der Waals surface area (Å²) in [5.41, 5.74) is 0. The molecular weight excluding hydrogens is 124 g/mol. The molecule has 2 aliphatic rings. The van der Waals surface area contributed by atoms with E-state index in [0.29, 0.717) is 0 Å². The van der Waals surface area contributed by atoms with Crippen molar-refractivity contribution in [2.45, 2.75) is 12.5 Å². The van der Waals surface area contributed by atoms with Crippen molar-refractivity contribution in [1.82, 2.24) is 9.80 Å². The molecule has 1 aliphatic carbocycles. The van der Waals surface area contributed by atoms with Gasteiger partial charge in [0.15, 0.2) is 0 Å². The van der Waals surface area contributed by atoms with Gasteiger partial charge in [0.2, 0.25) is 0 Å². The summed E-state index contributed by atoms with van der Waals surface area (Å²) in [6.45, 7) is 5.06. The summed E-state index contributed by atoms with van der Waals surface area (Å²) < 4.78 is 0. The van der Waals surface area contributed by atoms with E-state index in [1.165, 1.54) is 32.6 Å². The minimum absolute atomic E-state index is 0.855. The highest BCUT2D eigenvalue weighted by Gasteiger charge is 2.30. The molecule has 1 radical (unpaired) electrons. The molecule has 2 rings (SSSR count). The molecule has 1 heterocycles. The Labute approximate surface area is 62.8 Å². The van der Waals surface area contributed by atoms with Gasteiger partial charge >= 0.3 is 0 Å². The molecule has 0 bridgehead atoms. The second-order valence-corrected chi connectivity index (χ2v) is 3.38. The lowest BCUT2D eigenvalue weighted by Crippen LogP contribution is -2.45. The summed E-state index contributed by atoms with van der Waals surface area (Å²) in [6.07, 6.45) is 3.73. The van der Waals surface area contributed by atoms with Crippen molar-refractivity contribution < 1.29 is 0 Å². The van der Waals surface area contributed by atoms with Gasteiger partial charge in [0.25, 0.3) is 0 Å². The maximum absolute atomic E-state index is 2.58. The number of hydrogen-bond donors (Lipinski definition) is 0. The van der Waals surface area contributed by atoms with Gasteiger partial charge < -0.3 is 4.90 Å². The number of likely N-dealkylation sites (N-methyl/N-ethyl adjacent to an activating group) is 1. The molecule has 0 N–H and O–H groups in total. The molecule has 1 saturated carbocycles. The molecule has 2 fully saturated rings. The molecule has 1 saturated heterocycles. The zero-order valence-corrected chi connectivity index (χ0v) is 6.58. The summed E-state index contributed by atoms with van der Waals surface area (Å²) in [7, 11) is 2.20. The van der Waals surface area contributed by atoms with Gasteiger partial charge in [-0.1, -0.05) is 0 Å². The van der Waals surface area contributed by atoms with E-state index in [2.05, 4.69) is 23.3 Å². The molecule has 0 aromatic carbocycles. The van der Waals surface area contributed by atoms with Gasteiger partial charge in [-0.15, -0.1) is 0 Å². The fourth-order valence-corrected chi connectivity index (χ4v) is 1.51. The Bertz CT molecular complexity index is 112. The molecule has 0 aromatic rings. The van der Waals surface area contributed by atoms with E-state index in [1.54, 1.807) is 0 Å². The Hall–Kier alpha value is -0.0800. The Morgan fingerprint density at radius 2 is 1.80 bits per heavy atom. The fraction of sp³-hybridized carbons (Fsp3) is 0.875. The molecule has 0 spiro atoms. The Morgan fingerprint density at radius 3 is 2.30 bits per heavy atom. The third-order valence-corrected chi connectivity index (χ3v) is 2.45. The van der Waals surface area contributed by atoms with Gasteiger partial charge in [0.1, 0.15) is 0 Å². The summed E-state index contributed by atoms with van der Waals surface area (Å²) in [6, 6.07) is 0.855. The van der Waals surface area contributed by atoms with Crippen LogP contribution in [0.25, 0.3) is 0 Å². The van der Waals surface area contributed by atoms with Crippen LogP contribution in [0.15, 0.2) is 0 Å². The van der Waals surface area contributed by atoms with Gasteiger partial charge in [-0.05, 0) is 19.9 Å². The third-order valence-electron chi connectivity index (χ3n) is 2.45. The molecule has 0 amide bonds. The lowest BCUT2D eigenvalue weighted by Gasteiger charge is -2.32. The van der Waals surface area contributed by atoms with Crippen LogP contribution in [-0.4, -0.2) is 49.1 Å². The molecule has 1 unspecified atom stereocenters. The van der Waals surface area contributed by atoms with E-state index < -0.39 is 0 Å². The first-order valence-electron chi connectivity index (χ1n) is 4.12. The zero-order valence-electron chi connectivity index (χ0n) is 6.58. The largest absolute Gasteiger partial charge is 0.304 e. The van der Waals surface area contributed by atoms with Crippen LogP contribution >= 0.6 is 0 Å². The average molecular weight is 139 g/mol. The standard InChI is InChI=1S/C8H15N2/c1-9-4-6-10(7-5-9)8-2-3-8/h2,8H,3-7H2,1H3. The predicted molar refractivity (Wildman–Crippen MR) is 41.8 cm³/mol. The minimum Gasteiger partial charge on any atom is -0.304 e. The maximum Gasteiger partial charge on any atom is 0.0132 e. The number of rotatable bonds is 1. The van der Waals surface area contributed by atoms with Crippen LogP contribution in [0.2, 0.25) is 0 Å². The topological polar surface area (TPSA) is 6.48 Å². The van der Waals surface area contributed by atoms with E-state index in [-0.39, 0.29) is 0 Å². The molecule has 1 atom stereocenters. The molecule has 1 aliphatic heterocycles. The van der Waals surface area contributed by atoms with Crippen LogP contribution in [0, 0.1) is 6.42 Å². The summed E-state index contributed by atoms with van der Waals surface area (Å²) >= 11 is 0. The highest BCUT2D eigenvalue weighted by Crippen LogP contribution is 2.25. The van der Waals surface area contributed by atoms with Crippen molar-refractivity contribution in [3.8, 4) is 0 Å². The zero-order chi connectivity index (χ0) is 6.97. The summed E-state index contributed by atoms with van der Waals surface area (Å²) in [4.78, 5) is 4.99. The molecule has 57 valence electrons. The SMILES string of the molecule is CN1CCN(C2[CH]C2)CC1. The van der Waals surface area contributed by atoms with Crippen molar-refractivity contribution in [2.75, 3.05) is 33.2 Å². The quantitative estimate of drug-likeness (QED) is 0.512. The highest BCUT2D eigenvalue weighted by atomic mass is 15.3. The van der Waals surface area contributed by atoms with Crippen molar-refractivity contribution in [2.24, 2.45) is 0 Å². The molecular formula is C8H15N2. The number of hydrogen-bond acceptors (Lipinski definition) is 2. The van der Waals surface area contributed by atoms with Crippen molar-refractivity contribution in [1.29, 1.82) is 0 Å². The number of nitrogens with zero attached hydrogens (tertiary/aromatic N) is 2. The van der Waals surface area contributed by atoms with Gasteiger partial charge in [0, 0.05) is 32.2 Å². The molecule has 2 nitrogen and oxygen atoms in total. The normalized spacial score (nSPS) is 30.9. The Balaban J connectivity index is 1.79. The van der Waals surface area contributed by atoms with Gasteiger partial charge in [-0.2, -0.15) is 0 Å². The second kappa shape index (κ2) is 2.51. The lowest BCUT2D eigenvalue weighted by molar-refractivity contribution is 0.151. The maximum atomic E-state index is 2.58. The fourth-order valence-electron chi connectivity index (χ4n) is 1.51. The van der Waals surface area contributed by atoms with Gasteiger partial charge in [-0.3, -0.25) is 4.90 Å². The van der Waals surface area contributed by atoms with Crippen LogP contribution in [0.4, 0.5) is 0 Å². The molecule has 10 heavy (non-hydrogen) atoms. The lowest BCUT2D eigenvalue weighted by atomic mass is 10.3. The highest BCUT2D eigenvalue weighted by molar-refractivity contribution is 5.04. The van der Waals surface area contributed by atoms with E-state index in [9.17, 15) is 0 Å². The second-order valence-electron chi connectivity index (χ2n) is 3.38. The smallest absolute Gasteiger partial charge is 0.0132 e. The molecule has 2 heteroatoms. The Kier molecular flexibility index (Phi) is 1.66. The average Bonchev–Trinajstić information content (AvgIpc) is 2.71. The number of piperazine rings is 1. The Morgan fingerprint density at radius 1 is 1.20 bits per heavy atom. The van der Waals surface area contributed by atoms with Gasteiger partial charge in [0.05, 0.1) is 0 Å². The summed E-state index contributed by atoms with van der Waals surface area (Å²) in [5, 5.41) is 0. The predicted octanol–water partition coefficient (Wildman–Crippen LogP) is 0.210. The van der Waals surface area contributed by atoms with E-state index >= 15 is 0 Å². The van der Waals surface area contributed by atoms with Crippen molar-refractivity contribution >= 4 is 0 Å². The minimum atomic E-state index is 0.855. The molecule has 0 aromatic heterocycles. The van der Waals surface area contributed by atoms with Crippen LogP contribution in [-0.2, 0) is 0 Å².